The van der Waals surface area contributed by atoms with Crippen molar-refractivity contribution >= 4 is 15.9 Å². The zero-order valence-electron chi connectivity index (χ0n) is 10.2. The fraction of sp³-hybridized carbons (Fsp3) is 0.538. The molecule has 0 amide bonds. The van der Waals surface area contributed by atoms with Crippen LogP contribution in [-0.4, -0.2) is 31.6 Å². The molecule has 0 aliphatic carbocycles. The molecule has 1 saturated heterocycles. The molecular weight excluding hydrogens is 280 g/mol. The van der Waals surface area contributed by atoms with Gasteiger partial charge in [-0.1, -0.05) is 15.9 Å². The lowest BCUT2D eigenvalue weighted by atomic mass is 10.0. The highest BCUT2D eigenvalue weighted by molar-refractivity contribution is 9.10. The molecule has 0 radical (unpaired) electrons. The number of methoxy groups -OCH3 is 1. The minimum absolute atomic E-state index is 0.450. The van der Waals surface area contributed by atoms with Gasteiger partial charge in [-0.2, -0.15) is 0 Å². The van der Waals surface area contributed by atoms with Crippen LogP contribution in [0.2, 0.25) is 0 Å². The Morgan fingerprint density at radius 1 is 1.53 bits per heavy atom. The Bertz CT molecular complexity index is 384. The molecule has 1 aliphatic heterocycles. The molecule has 1 aromatic carbocycles. The first-order valence-electron chi connectivity index (χ1n) is 6.04. The molecule has 1 aliphatic rings. The van der Waals surface area contributed by atoms with Gasteiger partial charge >= 0.3 is 0 Å². The van der Waals surface area contributed by atoms with E-state index in [0.717, 1.165) is 23.3 Å². The maximum Gasteiger partial charge on any atom is 0.123 e. The maximum atomic E-state index is 5.67. The molecule has 1 atom stereocenters. The van der Waals surface area contributed by atoms with E-state index in [9.17, 15) is 0 Å². The monoisotopic (exact) mass is 298 g/mol. The summed E-state index contributed by atoms with van der Waals surface area (Å²) >= 11 is 3.53. The highest BCUT2D eigenvalue weighted by Gasteiger charge is 2.27. The van der Waals surface area contributed by atoms with E-state index in [-0.39, 0.29) is 0 Å². The zero-order chi connectivity index (χ0) is 12.3. The quantitative estimate of drug-likeness (QED) is 0.928. The summed E-state index contributed by atoms with van der Waals surface area (Å²) in [6.45, 7) is 2.81. The molecule has 1 unspecified atom stereocenters. The summed E-state index contributed by atoms with van der Waals surface area (Å²) in [6.07, 6.45) is 2.42. The lowest BCUT2D eigenvalue weighted by Gasteiger charge is -2.25. The van der Waals surface area contributed by atoms with Crippen molar-refractivity contribution in [1.82, 2.24) is 4.90 Å². The number of rotatable bonds is 4. The number of nitrogens with zero attached hydrogens (tertiary/aromatic N) is 1. The van der Waals surface area contributed by atoms with Crippen molar-refractivity contribution in [3.63, 3.8) is 0 Å². The van der Waals surface area contributed by atoms with Gasteiger partial charge in [0.15, 0.2) is 0 Å². The van der Waals surface area contributed by atoms with Crippen molar-refractivity contribution in [2.24, 2.45) is 5.73 Å². The highest BCUT2D eigenvalue weighted by atomic mass is 79.9. The van der Waals surface area contributed by atoms with Crippen LogP contribution in [0.5, 0.6) is 5.75 Å². The third kappa shape index (κ3) is 2.81. The molecule has 17 heavy (non-hydrogen) atoms. The molecule has 0 saturated carbocycles. The van der Waals surface area contributed by atoms with E-state index in [1.54, 1.807) is 7.11 Å². The van der Waals surface area contributed by atoms with E-state index in [1.165, 1.54) is 18.4 Å². The summed E-state index contributed by atoms with van der Waals surface area (Å²) in [6, 6.07) is 6.66. The van der Waals surface area contributed by atoms with E-state index in [4.69, 9.17) is 10.5 Å². The number of hydrogen-bond donors (Lipinski definition) is 1. The molecule has 1 heterocycles. The molecule has 0 aromatic heterocycles. The van der Waals surface area contributed by atoms with Crippen LogP contribution in [0.1, 0.15) is 24.4 Å². The SMILES string of the molecule is COc1ccc(Br)cc1C1CCCN1CCN. The van der Waals surface area contributed by atoms with Crippen molar-refractivity contribution in [2.75, 3.05) is 26.7 Å². The first kappa shape index (κ1) is 12.9. The Labute approximate surface area is 111 Å². The van der Waals surface area contributed by atoms with Gasteiger partial charge in [-0.3, -0.25) is 4.90 Å². The van der Waals surface area contributed by atoms with Gasteiger partial charge in [0.1, 0.15) is 5.75 Å². The third-order valence-corrected chi connectivity index (χ3v) is 3.82. The zero-order valence-corrected chi connectivity index (χ0v) is 11.7. The minimum atomic E-state index is 0.450. The second-order valence-corrected chi connectivity index (χ2v) is 5.28. The first-order chi connectivity index (χ1) is 8.26. The third-order valence-electron chi connectivity index (χ3n) is 3.33. The first-order valence-corrected chi connectivity index (χ1v) is 6.83. The number of ether oxygens (including phenoxy) is 1. The van der Waals surface area contributed by atoms with Crippen LogP contribution in [0, 0.1) is 0 Å². The fourth-order valence-electron chi connectivity index (χ4n) is 2.58. The average molecular weight is 299 g/mol. The lowest BCUT2D eigenvalue weighted by Crippen LogP contribution is -2.29. The van der Waals surface area contributed by atoms with Crippen molar-refractivity contribution in [3.05, 3.63) is 28.2 Å². The summed E-state index contributed by atoms with van der Waals surface area (Å²) in [5, 5.41) is 0. The van der Waals surface area contributed by atoms with Crippen LogP contribution in [0.3, 0.4) is 0 Å². The van der Waals surface area contributed by atoms with Crippen LogP contribution in [0.4, 0.5) is 0 Å². The van der Waals surface area contributed by atoms with Gasteiger partial charge in [-0.25, -0.2) is 0 Å². The maximum absolute atomic E-state index is 5.67. The smallest absolute Gasteiger partial charge is 0.123 e. The number of halogens is 1. The molecule has 0 bridgehead atoms. The van der Waals surface area contributed by atoms with Crippen LogP contribution >= 0.6 is 15.9 Å². The summed E-state index contributed by atoms with van der Waals surface area (Å²) in [5.74, 6) is 0.974. The molecular formula is C13H19BrN2O. The number of hydrogen-bond acceptors (Lipinski definition) is 3. The van der Waals surface area contributed by atoms with E-state index < -0.39 is 0 Å². The van der Waals surface area contributed by atoms with E-state index in [1.807, 2.05) is 12.1 Å². The predicted octanol–water partition coefficient (Wildman–Crippen LogP) is 2.55. The molecule has 1 fully saturated rings. The largest absolute Gasteiger partial charge is 0.496 e. The van der Waals surface area contributed by atoms with Gasteiger partial charge in [0.25, 0.3) is 0 Å². The molecule has 1 aromatic rings. The van der Waals surface area contributed by atoms with Crippen LogP contribution in [0.25, 0.3) is 0 Å². The Morgan fingerprint density at radius 2 is 2.35 bits per heavy atom. The minimum Gasteiger partial charge on any atom is -0.496 e. The molecule has 3 nitrogen and oxygen atoms in total. The molecule has 4 heteroatoms. The molecule has 2 N–H and O–H groups in total. The van der Waals surface area contributed by atoms with E-state index in [2.05, 4.69) is 26.9 Å². The Kier molecular flexibility index (Phi) is 4.42. The number of benzene rings is 1. The predicted molar refractivity (Wildman–Crippen MR) is 73.3 cm³/mol. The fourth-order valence-corrected chi connectivity index (χ4v) is 2.96. The van der Waals surface area contributed by atoms with E-state index >= 15 is 0 Å². The standard InChI is InChI=1S/C13H19BrN2O/c1-17-13-5-4-10(14)9-11(13)12-3-2-7-16(12)8-6-15/h4-5,9,12H,2-3,6-8,15H2,1H3. The van der Waals surface area contributed by atoms with Gasteiger partial charge in [0.2, 0.25) is 0 Å². The van der Waals surface area contributed by atoms with Crippen LogP contribution in [0.15, 0.2) is 22.7 Å². The second kappa shape index (κ2) is 5.85. The van der Waals surface area contributed by atoms with Crippen LogP contribution in [-0.2, 0) is 0 Å². The molecule has 94 valence electrons. The Morgan fingerprint density at radius 3 is 3.06 bits per heavy atom. The Hall–Kier alpha value is -0.580. The van der Waals surface area contributed by atoms with E-state index in [0.29, 0.717) is 12.6 Å². The summed E-state index contributed by atoms with van der Waals surface area (Å²) in [4.78, 5) is 2.45. The molecule has 2 rings (SSSR count). The number of likely N-dealkylation sites (tertiary alicyclic amines) is 1. The highest BCUT2D eigenvalue weighted by Crippen LogP contribution is 2.37. The van der Waals surface area contributed by atoms with Crippen molar-refractivity contribution in [2.45, 2.75) is 18.9 Å². The van der Waals surface area contributed by atoms with Gasteiger partial charge in [-0.05, 0) is 37.6 Å². The summed E-state index contributed by atoms with van der Waals surface area (Å²) in [5.41, 5.74) is 6.94. The van der Waals surface area contributed by atoms with Crippen molar-refractivity contribution in [3.8, 4) is 5.75 Å². The van der Waals surface area contributed by atoms with Gasteiger partial charge in [-0.15, -0.1) is 0 Å². The lowest BCUT2D eigenvalue weighted by molar-refractivity contribution is 0.258. The van der Waals surface area contributed by atoms with Gasteiger partial charge in [0.05, 0.1) is 7.11 Å². The normalized spacial score (nSPS) is 20.8. The molecule has 0 spiro atoms. The van der Waals surface area contributed by atoms with Crippen molar-refractivity contribution in [1.29, 1.82) is 0 Å². The topological polar surface area (TPSA) is 38.5 Å². The van der Waals surface area contributed by atoms with Crippen LogP contribution < -0.4 is 10.5 Å². The Balaban J connectivity index is 2.28. The summed E-state index contributed by atoms with van der Waals surface area (Å²) < 4.78 is 6.56. The second-order valence-electron chi connectivity index (χ2n) is 4.37. The van der Waals surface area contributed by atoms with Gasteiger partial charge in [0, 0.05) is 29.2 Å². The van der Waals surface area contributed by atoms with Gasteiger partial charge < -0.3 is 10.5 Å². The summed E-state index contributed by atoms with van der Waals surface area (Å²) in [7, 11) is 1.73. The average Bonchev–Trinajstić information content (AvgIpc) is 2.77. The van der Waals surface area contributed by atoms with Crippen molar-refractivity contribution < 1.29 is 4.74 Å². The number of nitrogens with two attached hydrogens (primary N) is 1.